The van der Waals surface area contributed by atoms with Gasteiger partial charge >= 0.3 is 0 Å². The van der Waals surface area contributed by atoms with Crippen LogP contribution in [-0.2, 0) is 10.2 Å². The van der Waals surface area contributed by atoms with E-state index in [4.69, 9.17) is 4.74 Å². The van der Waals surface area contributed by atoms with Crippen molar-refractivity contribution in [1.82, 2.24) is 15.5 Å². The van der Waals surface area contributed by atoms with E-state index >= 15 is 0 Å². The summed E-state index contributed by atoms with van der Waals surface area (Å²) in [5.41, 5.74) is 1.16. The summed E-state index contributed by atoms with van der Waals surface area (Å²) in [4.78, 5) is 7.00. The zero-order valence-electron chi connectivity index (χ0n) is 17.3. The van der Waals surface area contributed by atoms with Gasteiger partial charge in [-0.15, -0.1) is 24.0 Å². The molecule has 0 radical (unpaired) electrons. The van der Waals surface area contributed by atoms with Crippen molar-refractivity contribution in [2.75, 3.05) is 46.4 Å². The van der Waals surface area contributed by atoms with Gasteiger partial charge in [0.2, 0.25) is 0 Å². The van der Waals surface area contributed by atoms with Crippen molar-refractivity contribution in [2.45, 2.75) is 43.6 Å². The first-order valence-electron chi connectivity index (χ1n) is 10.7. The summed E-state index contributed by atoms with van der Waals surface area (Å²) in [6, 6.07) is 7.50. The van der Waals surface area contributed by atoms with Crippen LogP contribution in [0.15, 0.2) is 29.3 Å². The minimum atomic E-state index is -0.151. The van der Waals surface area contributed by atoms with Crippen molar-refractivity contribution in [3.63, 3.8) is 0 Å². The Morgan fingerprint density at radius 1 is 1.28 bits per heavy atom. The molecule has 162 valence electrons. The van der Waals surface area contributed by atoms with Crippen LogP contribution < -0.4 is 10.6 Å². The van der Waals surface area contributed by atoms with Crippen LogP contribution in [0.5, 0.6) is 0 Å². The molecule has 2 aliphatic heterocycles. The fourth-order valence-electron chi connectivity index (χ4n) is 4.53. The number of piperidine rings is 1. The average Bonchev–Trinajstić information content (AvgIpc) is 3.34. The van der Waals surface area contributed by atoms with Gasteiger partial charge in [-0.05, 0) is 55.7 Å². The third-order valence-corrected chi connectivity index (χ3v) is 6.58. The van der Waals surface area contributed by atoms with Crippen LogP contribution in [0.25, 0.3) is 0 Å². The second kappa shape index (κ2) is 10.4. The zero-order valence-corrected chi connectivity index (χ0v) is 19.7. The molecule has 1 atom stereocenters. The van der Waals surface area contributed by atoms with Crippen molar-refractivity contribution in [1.29, 1.82) is 0 Å². The SMILES string of the molecule is CN=C(NCC1(c2cccc(F)c2)CC1)NC1CCN(CC2CCOC2)CC1.I. The van der Waals surface area contributed by atoms with Crippen LogP contribution in [0.4, 0.5) is 4.39 Å². The highest BCUT2D eigenvalue weighted by atomic mass is 127. The highest BCUT2D eigenvalue weighted by Gasteiger charge is 2.44. The molecule has 3 aliphatic rings. The molecule has 2 heterocycles. The number of guanidine groups is 1. The topological polar surface area (TPSA) is 48.9 Å². The van der Waals surface area contributed by atoms with Crippen LogP contribution >= 0.6 is 24.0 Å². The molecule has 1 aromatic carbocycles. The highest BCUT2D eigenvalue weighted by molar-refractivity contribution is 14.0. The predicted octanol–water partition coefficient (Wildman–Crippen LogP) is 3.14. The Balaban J connectivity index is 0.00000240. The number of benzene rings is 1. The van der Waals surface area contributed by atoms with Crippen LogP contribution in [0.1, 0.15) is 37.7 Å². The summed E-state index contributed by atoms with van der Waals surface area (Å²) in [5, 5.41) is 7.09. The van der Waals surface area contributed by atoms with Crippen molar-refractivity contribution in [3.8, 4) is 0 Å². The molecule has 0 bridgehead atoms. The molecule has 5 nitrogen and oxygen atoms in total. The van der Waals surface area contributed by atoms with Crippen molar-refractivity contribution in [3.05, 3.63) is 35.6 Å². The number of aliphatic imine (C=N–C) groups is 1. The van der Waals surface area contributed by atoms with E-state index in [2.05, 4.69) is 20.5 Å². The fraction of sp³-hybridized carbons (Fsp3) is 0.682. The Hall–Kier alpha value is -0.930. The standard InChI is InChI=1S/C22H33FN4O.HI/c1-24-21(25-16-22(8-9-22)18-3-2-4-19(23)13-18)26-20-5-10-27(11-6-20)14-17-7-12-28-15-17;/h2-4,13,17,20H,5-12,14-16H2,1H3,(H2,24,25,26);1H. The number of hydrogen-bond acceptors (Lipinski definition) is 3. The first kappa shape index (κ1) is 22.7. The lowest BCUT2D eigenvalue weighted by Crippen LogP contribution is -2.50. The molecule has 4 rings (SSSR count). The molecular weight excluding hydrogens is 482 g/mol. The summed E-state index contributed by atoms with van der Waals surface area (Å²) in [6.07, 6.45) is 5.70. The minimum absolute atomic E-state index is 0. The molecule has 1 saturated carbocycles. The normalized spacial score (nSPS) is 24.8. The fourth-order valence-corrected chi connectivity index (χ4v) is 4.53. The molecule has 1 aromatic rings. The second-order valence-electron chi connectivity index (χ2n) is 8.67. The van der Waals surface area contributed by atoms with E-state index in [1.165, 1.54) is 19.0 Å². The smallest absolute Gasteiger partial charge is 0.191 e. The lowest BCUT2D eigenvalue weighted by atomic mass is 9.96. The monoisotopic (exact) mass is 516 g/mol. The van der Waals surface area contributed by atoms with Crippen LogP contribution in [-0.4, -0.2) is 63.3 Å². The van der Waals surface area contributed by atoms with E-state index in [1.807, 2.05) is 19.2 Å². The van der Waals surface area contributed by atoms with Gasteiger partial charge in [0.1, 0.15) is 5.82 Å². The third kappa shape index (κ3) is 6.04. The van der Waals surface area contributed by atoms with E-state index in [-0.39, 0.29) is 35.2 Å². The van der Waals surface area contributed by atoms with Crippen LogP contribution in [0, 0.1) is 11.7 Å². The van der Waals surface area contributed by atoms with Gasteiger partial charge in [0, 0.05) is 51.3 Å². The van der Waals surface area contributed by atoms with E-state index in [0.29, 0.717) is 6.04 Å². The zero-order chi connectivity index (χ0) is 19.4. The van der Waals surface area contributed by atoms with Gasteiger partial charge in [0.15, 0.2) is 5.96 Å². The van der Waals surface area contributed by atoms with E-state index in [9.17, 15) is 4.39 Å². The van der Waals surface area contributed by atoms with E-state index in [1.54, 1.807) is 6.07 Å². The molecule has 0 aromatic heterocycles. The largest absolute Gasteiger partial charge is 0.381 e. The number of likely N-dealkylation sites (tertiary alicyclic amines) is 1. The van der Waals surface area contributed by atoms with Gasteiger partial charge in [0.25, 0.3) is 0 Å². The molecule has 0 amide bonds. The number of hydrogen-bond donors (Lipinski definition) is 2. The maximum absolute atomic E-state index is 13.6. The van der Waals surface area contributed by atoms with Crippen LogP contribution in [0.3, 0.4) is 0 Å². The van der Waals surface area contributed by atoms with Gasteiger partial charge in [-0.1, -0.05) is 12.1 Å². The number of ether oxygens (including phenoxy) is 1. The highest BCUT2D eigenvalue weighted by Crippen LogP contribution is 2.47. The lowest BCUT2D eigenvalue weighted by molar-refractivity contribution is 0.150. The molecule has 2 saturated heterocycles. The van der Waals surface area contributed by atoms with Gasteiger partial charge in [-0.3, -0.25) is 4.99 Å². The molecular formula is C22H34FIN4O. The second-order valence-corrected chi connectivity index (χ2v) is 8.67. The van der Waals surface area contributed by atoms with Crippen LogP contribution in [0.2, 0.25) is 0 Å². The molecule has 2 N–H and O–H groups in total. The number of halogens is 2. The first-order chi connectivity index (χ1) is 13.7. The molecule has 3 fully saturated rings. The Labute approximate surface area is 190 Å². The Bertz CT molecular complexity index is 683. The van der Waals surface area contributed by atoms with Gasteiger partial charge in [-0.2, -0.15) is 0 Å². The molecule has 29 heavy (non-hydrogen) atoms. The summed E-state index contributed by atoms with van der Waals surface area (Å²) in [5.74, 6) is 1.43. The van der Waals surface area contributed by atoms with Crippen molar-refractivity contribution < 1.29 is 9.13 Å². The minimum Gasteiger partial charge on any atom is -0.381 e. The maximum atomic E-state index is 13.6. The molecule has 7 heteroatoms. The Kier molecular flexibility index (Phi) is 8.15. The Morgan fingerprint density at radius 2 is 2.07 bits per heavy atom. The molecule has 0 spiro atoms. The van der Waals surface area contributed by atoms with Gasteiger partial charge < -0.3 is 20.3 Å². The number of nitrogens with one attached hydrogen (secondary N) is 2. The number of rotatable bonds is 6. The lowest BCUT2D eigenvalue weighted by Gasteiger charge is -2.34. The van der Waals surface area contributed by atoms with E-state index < -0.39 is 0 Å². The van der Waals surface area contributed by atoms with Gasteiger partial charge in [0.05, 0.1) is 6.61 Å². The number of nitrogens with zero attached hydrogens (tertiary/aromatic N) is 2. The van der Waals surface area contributed by atoms with Gasteiger partial charge in [-0.25, -0.2) is 4.39 Å². The van der Waals surface area contributed by atoms with E-state index in [0.717, 1.165) is 76.0 Å². The van der Waals surface area contributed by atoms with Crippen molar-refractivity contribution >= 4 is 29.9 Å². The predicted molar refractivity (Wildman–Crippen MR) is 126 cm³/mol. The summed E-state index contributed by atoms with van der Waals surface area (Å²) in [7, 11) is 1.83. The summed E-state index contributed by atoms with van der Waals surface area (Å²) in [6.45, 7) is 6.12. The maximum Gasteiger partial charge on any atom is 0.191 e. The third-order valence-electron chi connectivity index (χ3n) is 6.58. The Morgan fingerprint density at radius 3 is 2.69 bits per heavy atom. The quantitative estimate of drug-likeness (QED) is 0.347. The molecule has 1 aliphatic carbocycles. The van der Waals surface area contributed by atoms with Crippen molar-refractivity contribution in [2.24, 2.45) is 10.9 Å². The average molecular weight is 516 g/mol. The first-order valence-corrected chi connectivity index (χ1v) is 10.7. The summed E-state index contributed by atoms with van der Waals surface area (Å²) >= 11 is 0. The molecule has 1 unspecified atom stereocenters. The summed E-state index contributed by atoms with van der Waals surface area (Å²) < 4.78 is 19.1.